The molecule has 0 saturated carbocycles. The molecule has 0 aliphatic rings. The van der Waals surface area contributed by atoms with Crippen LogP contribution in [-0.4, -0.2) is 23.4 Å². The van der Waals surface area contributed by atoms with Crippen LogP contribution >= 0.6 is 0 Å². The fourth-order valence-corrected chi connectivity index (χ4v) is 1.22. The monoisotopic (exact) mass is 176 g/mol. The second-order valence-electron chi connectivity index (χ2n) is 2.61. The topological polar surface area (TPSA) is 55.0 Å². The van der Waals surface area contributed by atoms with E-state index < -0.39 is 0 Å². The Labute approximate surface area is 74.5 Å². The number of aldehydes is 1. The molecule has 0 bridgehead atoms. The molecule has 0 fully saturated rings. The van der Waals surface area contributed by atoms with Gasteiger partial charge in [0, 0.05) is 5.56 Å². The Balaban J connectivity index is 2.74. The molecule has 1 heterocycles. The molecular formula is C9H8N2O2. The highest BCUT2D eigenvalue weighted by Gasteiger charge is 2.05. The standard InChI is InChI=1S/C9H8N2O2/c1-13-9-10-7-4-2-3-6(5-12)8(7)11-9/h2-5H,1H3,(H,10,11). The first-order chi connectivity index (χ1) is 6.35. The highest BCUT2D eigenvalue weighted by atomic mass is 16.5. The van der Waals surface area contributed by atoms with Crippen molar-refractivity contribution in [1.29, 1.82) is 0 Å². The molecule has 0 radical (unpaired) electrons. The van der Waals surface area contributed by atoms with Gasteiger partial charge in [0.15, 0.2) is 6.29 Å². The van der Waals surface area contributed by atoms with Gasteiger partial charge in [-0.05, 0) is 12.1 Å². The van der Waals surface area contributed by atoms with E-state index in [2.05, 4.69) is 9.97 Å². The van der Waals surface area contributed by atoms with E-state index >= 15 is 0 Å². The summed E-state index contributed by atoms with van der Waals surface area (Å²) in [6.07, 6.45) is 0.780. The molecule has 13 heavy (non-hydrogen) atoms. The van der Waals surface area contributed by atoms with Crippen LogP contribution in [0, 0.1) is 0 Å². The Morgan fingerprint density at radius 1 is 1.54 bits per heavy atom. The Morgan fingerprint density at radius 2 is 2.38 bits per heavy atom. The first kappa shape index (κ1) is 7.79. The average molecular weight is 176 g/mol. The van der Waals surface area contributed by atoms with E-state index in [4.69, 9.17) is 4.74 Å². The van der Waals surface area contributed by atoms with E-state index in [-0.39, 0.29) is 0 Å². The fourth-order valence-electron chi connectivity index (χ4n) is 1.22. The van der Waals surface area contributed by atoms with E-state index in [1.807, 2.05) is 6.07 Å². The van der Waals surface area contributed by atoms with Gasteiger partial charge in [-0.25, -0.2) is 0 Å². The number of carbonyl (C=O) groups excluding carboxylic acids is 1. The third kappa shape index (κ3) is 1.16. The minimum absolute atomic E-state index is 0.421. The molecule has 0 aliphatic carbocycles. The van der Waals surface area contributed by atoms with Gasteiger partial charge in [0.25, 0.3) is 6.01 Å². The van der Waals surface area contributed by atoms with Crippen molar-refractivity contribution in [2.75, 3.05) is 7.11 Å². The zero-order valence-electron chi connectivity index (χ0n) is 7.07. The van der Waals surface area contributed by atoms with Crippen LogP contribution in [0.4, 0.5) is 0 Å². The maximum Gasteiger partial charge on any atom is 0.294 e. The van der Waals surface area contributed by atoms with Crippen molar-refractivity contribution in [3.63, 3.8) is 0 Å². The second-order valence-corrected chi connectivity index (χ2v) is 2.61. The molecule has 4 heteroatoms. The number of aromatic amines is 1. The van der Waals surface area contributed by atoms with Crippen molar-refractivity contribution in [3.05, 3.63) is 23.8 Å². The highest BCUT2D eigenvalue weighted by molar-refractivity contribution is 5.94. The summed E-state index contributed by atoms with van der Waals surface area (Å²) < 4.78 is 4.92. The van der Waals surface area contributed by atoms with Crippen LogP contribution in [0.5, 0.6) is 6.01 Å². The van der Waals surface area contributed by atoms with Gasteiger partial charge in [-0.3, -0.25) is 4.79 Å². The van der Waals surface area contributed by atoms with Gasteiger partial charge in [-0.2, -0.15) is 4.98 Å². The van der Waals surface area contributed by atoms with Gasteiger partial charge in [-0.15, -0.1) is 0 Å². The van der Waals surface area contributed by atoms with Gasteiger partial charge >= 0.3 is 0 Å². The summed E-state index contributed by atoms with van der Waals surface area (Å²) in [6.45, 7) is 0. The number of nitrogens with zero attached hydrogens (tertiary/aromatic N) is 1. The van der Waals surface area contributed by atoms with Crippen molar-refractivity contribution in [3.8, 4) is 6.01 Å². The van der Waals surface area contributed by atoms with E-state index in [1.165, 1.54) is 7.11 Å². The van der Waals surface area contributed by atoms with E-state index in [9.17, 15) is 4.79 Å². The highest BCUT2D eigenvalue weighted by Crippen LogP contribution is 2.17. The number of aromatic nitrogens is 2. The molecule has 0 amide bonds. The van der Waals surface area contributed by atoms with Crippen LogP contribution in [0.15, 0.2) is 18.2 Å². The Hall–Kier alpha value is -1.84. The lowest BCUT2D eigenvalue weighted by atomic mass is 10.2. The average Bonchev–Trinajstić information content (AvgIpc) is 2.59. The number of hydrogen-bond acceptors (Lipinski definition) is 3. The van der Waals surface area contributed by atoms with Gasteiger partial charge in [-0.1, -0.05) is 6.07 Å². The lowest BCUT2D eigenvalue weighted by molar-refractivity contribution is 0.112. The zero-order valence-corrected chi connectivity index (χ0v) is 7.07. The summed E-state index contributed by atoms with van der Waals surface area (Å²) in [5, 5.41) is 0. The predicted molar refractivity (Wildman–Crippen MR) is 48.0 cm³/mol. The molecule has 1 aromatic heterocycles. The quantitative estimate of drug-likeness (QED) is 0.703. The number of imidazole rings is 1. The van der Waals surface area contributed by atoms with Crippen LogP contribution in [0.25, 0.3) is 11.0 Å². The van der Waals surface area contributed by atoms with E-state index in [1.54, 1.807) is 12.1 Å². The first-order valence-corrected chi connectivity index (χ1v) is 3.83. The number of para-hydroxylation sites is 1. The van der Waals surface area contributed by atoms with Crippen molar-refractivity contribution in [2.24, 2.45) is 0 Å². The Morgan fingerprint density at radius 3 is 3.08 bits per heavy atom. The van der Waals surface area contributed by atoms with E-state index in [0.29, 0.717) is 17.1 Å². The largest absolute Gasteiger partial charge is 0.468 e. The van der Waals surface area contributed by atoms with Crippen molar-refractivity contribution >= 4 is 17.3 Å². The summed E-state index contributed by atoms with van der Waals surface area (Å²) in [7, 11) is 1.53. The molecule has 1 N–H and O–H groups in total. The molecule has 0 unspecified atom stereocenters. The number of H-pyrrole nitrogens is 1. The number of rotatable bonds is 2. The number of hydrogen-bond donors (Lipinski definition) is 1. The number of nitrogens with one attached hydrogen (secondary N) is 1. The molecular weight excluding hydrogens is 168 g/mol. The molecule has 66 valence electrons. The van der Waals surface area contributed by atoms with E-state index in [0.717, 1.165) is 11.8 Å². The van der Waals surface area contributed by atoms with Crippen LogP contribution in [0.1, 0.15) is 10.4 Å². The maximum absolute atomic E-state index is 10.6. The molecule has 0 spiro atoms. The summed E-state index contributed by atoms with van der Waals surface area (Å²) in [5.74, 6) is 0. The Kier molecular flexibility index (Phi) is 1.73. The number of ether oxygens (including phenoxy) is 1. The zero-order chi connectivity index (χ0) is 9.26. The van der Waals surface area contributed by atoms with Crippen molar-refractivity contribution in [1.82, 2.24) is 9.97 Å². The summed E-state index contributed by atoms with van der Waals surface area (Å²) in [5.41, 5.74) is 2.02. The number of carbonyl (C=O) groups is 1. The molecule has 0 aliphatic heterocycles. The van der Waals surface area contributed by atoms with Crippen molar-refractivity contribution < 1.29 is 9.53 Å². The molecule has 0 saturated heterocycles. The fraction of sp³-hybridized carbons (Fsp3) is 0.111. The van der Waals surface area contributed by atoms with Gasteiger partial charge in [0.2, 0.25) is 0 Å². The smallest absolute Gasteiger partial charge is 0.294 e. The summed E-state index contributed by atoms with van der Waals surface area (Å²) in [6, 6.07) is 5.78. The van der Waals surface area contributed by atoms with Crippen LogP contribution in [0.2, 0.25) is 0 Å². The van der Waals surface area contributed by atoms with Crippen molar-refractivity contribution in [2.45, 2.75) is 0 Å². The van der Waals surface area contributed by atoms with Crippen LogP contribution < -0.4 is 4.74 Å². The molecule has 2 aromatic rings. The lowest BCUT2D eigenvalue weighted by Crippen LogP contribution is -1.83. The first-order valence-electron chi connectivity index (χ1n) is 3.83. The summed E-state index contributed by atoms with van der Waals surface area (Å²) in [4.78, 5) is 17.6. The third-order valence-corrected chi connectivity index (χ3v) is 1.84. The lowest BCUT2D eigenvalue weighted by Gasteiger charge is -1.89. The Bertz CT molecular complexity index is 448. The summed E-state index contributed by atoms with van der Waals surface area (Å²) >= 11 is 0. The van der Waals surface area contributed by atoms with Gasteiger partial charge in [0.1, 0.15) is 5.52 Å². The normalized spacial score (nSPS) is 10.2. The second kappa shape index (κ2) is 2.90. The minimum atomic E-state index is 0.421. The number of fused-ring (bicyclic) bond motifs is 1. The predicted octanol–water partition coefficient (Wildman–Crippen LogP) is 1.38. The SMILES string of the molecule is COc1nc2c(C=O)cccc2[nH]1. The molecule has 0 atom stereocenters. The van der Waals surface area contributed by atoms with Gasteiger partial charge < -0.3 is 9.72 Å². The van der Waals surface area contributed by atoms with Crippen LogP contribution in [0.3, 0.4) is 0 Å². The van der Waals surface area contributed by atoms with Crippen LogP contribution in [-0.2, 0) is 0 Å². The third-order valence-electron chi connectivity index (χ3n) is 1.84. The molecule has 2 rings (SSSR count). The molecule has 1 aromatic carbocycles. The number of benzene rings is 1. The maximum atomic E-state index is 10.6. The number of methoxy groups -OCH3 is 1. The minimum Gasteiger partial charge on any atom is -0.468 e. The molecule has 4 nitrogen and oxygen atoms in total. The van der Waals surface area contributed by atoms with Gasteiger partial charge in [0.05, 0.1) is 12.6 Å².